The maximum Gasteiger partial charge on any atom is 0.251 e. The first-order valence-electron chi connectivity index (χ1n) is 10.0. The van der Waals surface area contributed by atoms with Gasteiger partial charge >= 0.3 is 0 Å². The fourth-order valence-electron chi connectivity index (χ4n) is 3.84. The van der Waals surface area contributed by atoms with Crippen LogP contribution in [0.5, 0.6) is 0 Å². The number of benzene rings is 1. The van der Waals surface area contributed by atoms with Crippen LogP contribution in [0.25, 0.3) is 22.6 Å². The van der Waals surface area contributed by atoms with Crippen molar-refractivity contribution in [3.63, 3.8) is 0 Å². The van der Waals surface area contributed by atoms with Gasteiger partial charge in [-0.05, 0) is 49.5 Å². The summed E-state index contributed by atoms with van der Waals surface area (Å²) < 4.78 is 5.28. The number of hydrogen-bond acceptors (Lipinski definition) is 5. The number of aromatic nitrogens is 3. The Morgan fingerprint density at radius 1 is 1.07 bits per heavy atom. The summed E-state index contributed by atoms with van der Waals surface area (Å²) in [6.45, 7) is 4.03. The average molecular weight is 390 g/mol. The summed E-state index contributed by atoms with van der Waals surface area (Å²) in [6, 6.07) is 13.5. The minimum atomic E-state index is -0.162. The van der Waals surface area contributed by atoms with Crippen molar-refractivity contribution in [1.29, 1.82) is 0 Å². The topological polar surface area (TPSA) is 71.1 Å². The third-order valence-electron chi connectivity index (χ3n) is 5.46. The van der Waals surface area contributed by atoms with E-state index in [4.69, 9.17) is 4.74 Å². The maximum absolute atomic E-state index is 12.1. The summed E-state index contributed by atoms with van der Waals surface area (Å²) in [6.07, 6.45) is 5.78. The maximum atomic E-state index is 12.1. The highest BCUT2D eigenvalue weighted by Crippen LogP contribution is 2.22. The number of aromatic amines is 1. The molecule has 0 saturated carbocycles. The van der Waals surface area contributed by atoms with Crippen LogP contribution in [0.15, 0.2) is 59.7 Å². The van der Waals surface area contributed by atoms with Crippen LogP contribution in [0.1, 0.15) is 18.4 Å². The average Bonchev–Trinajstić information content (AvgIpc) is 2.76. The van der Waals surface area contributed by atoms with Crippen molar-refractivity contribution < 1.29 is 4.74 Å². The van der Waals surface area contributed by atoms with E-state index in [1.807, 2.05) is 24.3 Å². The molecule has 0 amide bonds. The Hall–Kier alpha value is -2.83. The molecule has 0 atom stereocenters. The molecule has 0 bridgehead atoms. The monoisotopic (exact) mass is 390 g/mol. The molecule has 6 nitrogen and oxygen atoms in total. The van der Waals surface area contributed by atoms with Gasteiger partial charge < -0.3 is 9.72 Å². The molecule has 2 aromatic heterocycles. The summed E-state index contributed by atoms with van der Waals surface area (Å²) in [5, 5.41) is 0. The van der Waals surface area contributed by atoms with E-state index >= 15 is 0 Å². The quantitative estimate of drug-likeness (QED) is 0.699. The highest BCUT2D eigenvalue weighted by atomic mass is 16.5. The molecular weight excluding hydrogens is 364 g/mol. The van der Waals surface area contributed by atoms with Gasteiger partial charge in [0, 0.05) is 49.8 Å². The van der Waals surface area contributed by atoms with Gasteiger partial charge in [0.15, 0.2) is 0 Å². The van der Waals surface area contributed by atoms with Crippen LogP contribution >= 0.6 is 0 Å². The van der Waals surface area contributed by atoms with Gasteiger partial charge in [-0.1, -0.05) is 24.3 Å². The van der Waals surface area contributed by atoms with Gasteiger partial charge in [0.2, 0.25) is 0 Å². The molecule has 29 heavy (non-hydrogen) atoms. The standard InChI is InChI=1S/C23H26N4O2/c1-29-16-18-8-12-27(13-9-18)15-17-2-4-20(5-3-17)23-25-21(14-22(28)26-23)19-6-10-24-11-7-19/h2-7,10-11,14,18H,8-9,12-13,15-16H2,1H3,(H,25,26,28). The molecule has 3 aromatic rings. The van der Waals surface area contributed by atoms with Gasteiger partial charge in [-0.2, -0.15) is 0 Å². The molecule has 0 radical (unpaired) electrons. The lowest BCUT2D eigenvalue weighted by molar-refractivity contribution is 0.0968. The summed E-state index contributed by atoms with van der Waals surface area (Å²) in [7, 11) is 1.78. The smallest absolute Gasteiger partial charge is 0.251 e. The highest BCUT2D eigenvalue weighted by Gasteiger charge is 2.19. The number of hydrogen-bond donors (Lipinski definition) is 1. The minimum Gasteiger partial charge on any atom is -0.384 e. The van der Waals surface area contributed by atoms with E-state index in [2.05, 4.69) is 32.0 Å². The fourth-order valence-corrected chi connectivity index (χ4v) is 3.84. The first-order chi connectivity index (χ1) is 14.2. The van der Waals surface area contributed by atoms with Gasteiger partial charge in [-0.3, -0.25) is 14.7 Å². The zero-order chi connectivity index (χ0) is 20.1. The predicted octanol–water partition coefficient (Wildman–Crippen LogP) is 3.36. The summed E-state index contributed by atoms with van der Waals surface area (Å²) in [5.74, 6) is 1.27. The number of piperidine rings is 1. The zero-order valence-electron chi connectivity index (χ0n) is 16.7. The van der Waals surface area contributed by atoms with Crippen molar-refractivity contribution in [3.05, 3.63) is 70.8 Å². The Kier molecular flexibility index (Phi) is 6.12. The van der Waals surface area contributed by atoms with E-state index in [-0.39, 0.29) is 5.56 Å². The lowest BCUT2D eigenvalue weighted by atomic mass is 9.97. The Bertz CT molecular complexity index is 978. The highest BCUT2D eigenvalue weighted by molar-refractivity contribution is 5.63. The van der Waals surface area contributed by atoms with Crippen molar-refractivity contribution in [3.8, 4) is 22.6 Å². The van der Waals surface area contributed by atoms with Crippen molar-refractivity contribution in [2.24, 2.45) is 5.92 Å². The second-order valence-electron chi connectivity index (χ2n) is 7.59. The molecule has 6 heteroatoms. The van der Waals surface area contributed by atoms with Crippen LogP contribution in [0.4, 0.5) is 0 Å². The normalized spacial score (nSPS) is 15.5. The molecule has 1 aromatic carbocycles. The Morgan fingerprint density at radius 2 is 1.79 bits per heavy atom. The number of ether oxygens (including phenoxy) is 1. The van der Waals surface area contributed by atoms with Gasteiger partial charge in [0.05, 0.1) is 5.69 Å². The van der Waals surface area contributed by atoms with E-state index in [0.29, 0.717) is 17.4 Å². The van der Waals surface area contributed by atoms with Crippen molar-refractivity contribution in [2.45, 2.75) is 19.4 Å². The van der Waals surface area contributed by atoms with Crippen LogP contribution in [0.3, 0.4) is 0 Å². The summed E-state index contributed by atoms with van der Waals surface area (Å²) in [5.41, 5.74) is 3.53. The first-order valence-corrected chi connectivity index (χ1v) is 10.0. The molecule has 1 fully saturated rings. The lowest BCUT2D eigenvalue weighted by Gasteiger charge is -2.31. The molecular formula is C23H26N4O2. The van der Waals surface area contributed by atoms with Gasteiger partial charge in [0.25, 0.3) is 5.56 Å². The van der Waals surface area contributed by atoms with Crippen LogP contribution in [0.2, 0.25) is 0 Å². The van der Waals surface area contributed by atoms with E-state index < -0.39 is 0 Å². The third-order valence-corrected chi connectivity index (χ3v) is 5.46. The fraction of sp³-hybridized carbons (Fsp3) is 0.348. The third kappa shape index (κ3) is 4.96. The number of nitrogens with zero attached hydrogens (tertiary/aromatic N) is 3. The molecule has 1 aliphatic rings. The Labute approximate surface area is 170 Å². The van der Waals surface area contributed by atoms with Crippen molar-refractivity contribution in [1.82, 2.24) is 19.9 Å². The molecule has 0 unspecified atom stereocenters. The number of pyridine rings is 1. The number of nitrogens with one attached hydrogen (secondary N) is 1. The molecule has 150 valence electrons. The van der Waals surface area contributed by atoms with E-state index in [1.54, 1.807) is 19.5 Å². The minimum absolute atomic E-state index is 0.162. The Morgan fingerprint density at radius 3 is 2.48 bits per heavy atom. The molecule has 1 N–H and O–H groups in total. The van der Waals surface area contributed by atoms with Gasteiger partial charge in [-0.15, -0.1) is 0 Å². The van der Waals surface area contributed by atoms with E-state index in [1.165, 1.54) is 24.5 Å². The first kappa shape index (κ1) is 19.5. The van der Waals surface area contributed by atoms with Crippen LogP contribution in [-0.4, -0.2) is 46.7 Å². The number of likely N-dealkylation sites (tertiary alicyclic amines) is 1. The summed E-state index contributed by atoms with van der Waals surface area (Å²) >= 11 is 0. The zero-order valence-corrected chi connectivity index (χ0v) is 16.7. The number of rotatable bonds is 6. The number of H-pyrrole nitrogens is 1. The summed E-state index contributed by atoms with van der Waals surface area (Å²) in [4.78, 5) is 26.1. The molecule has 1 saturated heterocycles. The SMILES string of the molecule is COCC1CCN(Cc2ccc(-c3nc(-c4ccncc4)cc(=O)[nH]3)cc2)CC1. The van der Waals surface area contributed by atoms with Crippen molar-refractivity contribution >= 4 is 0 Å². The largest absolute Gasteiger partial charge is 0.384 e. The second kappa shape index (κ2) is 9.11. The molecule has 3 heterocycles. The number of methoxy groups -OCH3 is 1. The molecule has 0 spiro atoms. The molecule has 1 aliphatic heterocycles. The lowest BCUT2D eigenvalue weighted by Crippen LogP contribution is -2.34. The predicted molar refractivity (Wildman–Crippen MR) is 113 cm³/mol. The van der Waals surface area contributed by atoms with E-state index in [9.17, 15) is 4.79 Å². The van der Waals surface area contributed by atoms with Crippen LogP contribution < -0.4 is 5.56 Å². The van der Waals surface area contributed by atoms with E-state index in [0.717, 1.165) is 37.4 Å². The van der Waals surface area contributed by atoms with Crippen LogP contribution in [-0.2, 0) is 11.3 Å². The van der Waals surface area contributed by atoms with Gasteiger partial charge in [0.1, 0.15) is 5.82 Å². The van der Waals surface area contributed by atoms with Gasteiger partial charge in [-0.25, -0.2) is 4.98 Å². The van der Waals surface area contributed by atoms with Crippen molar-refractivity contribution in [2.75, 3.05) is 26.8 Å². The second-order valence-corrected chi connectivity index (χ2v) is 7.59. The molecule has 0 aliphatic carbocycles. The van der Waals surface area contributed by atoms with Crippen LogP contribution in [0, 0.1) is 5.92 Å². The molecule has 4 rings (SSSR count). The Balaban J connectivity index is 1.46.